The molecule has 1 aromatic heterocycles. The second kappa shape index (κ2) is 10.0. The van der Waals surface area contributed by atoms with Gasteiger partial charge in [-0.1, -0.05) is 48.0 Å². The number of carbonyl (C=O) groups excluding carboxylic acids is 3. The summed E-state index contributed by atoms with van der Waals surface area (Å²) in [7, 11) is 1.37. The summed E-state index contributed by atoms with van der Waals surface area (Å²) in [6, 6.07) is 16.8. The van der Waals surface area contributed by atoms with Crippen LogP contribution >= 0.6 is 0 Å². The van der Waals surface area contributed by atoms with Gasteiger partial charge < -0.3 is 10.1 Å². The summed E-state index contributed by atoms with van der Waals surface area (Å²) in [5, 5.41) is 8.93. The summed E-state index contributed by atoms with van der Waals surface area (Å²) in [6.45, 7) is 1.44. The summed E-state index contributed by atoms with van der Waals surface area (Å²) in [5.74, 6) is -1.44. The zero-order valence-electron chi connectivity index (χ0n) is 17.2. The summed E-state index contributed by atoms with van der Waals surface area (Å²) < 4.78 is 6.61. The van der Waals surface area contributed by atoms with E-state index in [1.165, 1.54) is 13.1 Å². The van der Waals surface area contributed by atoms with Crippen molar-refractivity contribution in [2.24, 2.45) is 0 Å². The van der Waals surface area contributed by atoms with Gasteiger partial charge >= 0.3 is 12.0 Å². The molecule has 1 heterocycles. The van der Waals surface area contributed by atoms with Gasteiger partial charge in [0.25, 0.3) is 5.91 Å². The summed E-state index contributed by atoms with van der Waals surface area (Å²) in [5.41, 5.74) is 4.31. The van der Waals surface area contributed by atoms with Gasteiger partial charge in [0.05, 0.1) is 11.4 Å². The molecule has 0 saturated carbocycles. The number of imide groups is 1. The van der Waals surface area contributed by atoms with Gasteiger partial charge in [-0.05, 0) is 25.1 Å². The van der Waals surface area contributed by atoms with E-state index in [4.69, 9.17) is 4.74 Å². The van der Waals surface area contributed by atoms with Gasteiger partial charge in [0.2, 0.25) is 0 Å². The predicted molar refractivity (Wildman–Crippen MR) is 116 cm³/mol. The zero-order valence-corrected chi connectivity index (χ0v) is 17.2. The first-order valence-electron chi connectivity index (χ1n) is 9.55. The first-order chi connectivity index (χ1) is 15.0. The van der Waals surface area contributed by atoms with E-state index in [1.54, 1.807) is 10.8 Å². The Kier molecular flexibility index (Phi) is 6.95. The summed E-state index contributed by atoms with van der Waals surface area (Å²) >= 11 is 0. The van der Waals surface area contributed by atoms with Crippen LogP contribution in [0.5, 0.6) is 0 Å². The molecule has 2 N–H and O–H groups in total. The fourth-order valence-corrected chi connectivity index (χ4v) is 2.73. The number of rotatable bonds is 6. The average molecular weight is 418 g/mol. The lowest BCUT2D eigenvalue weighted by atomic mass is 10.1. The van der Waals surface area contributed by atoms with Crippen LogP contribution in [0.2, 0.25) is 0 Å². The highest BCUT2D eigenvalue weighted by Crippen LogP contribution is 2.25. The van der Waals surface area contributed by atoms with Gasteiger partial charge in [-0.3, -0.25) is 10.1 Å². The summed E-state index contributed by atoms with van der Waals surface area (Å²) in [6.07, 6.45) is 4.62. The Labute approximate surface area is 179 Å². The normalized spacial score (nSPS) is 10.6. The molecule has 0 bridgehead atoms. The van der Waals surface area contributed by atoms with Gasteiger partial charge in [0, 0.05) is 30.4 Å². The van der Waals surface area contributed by atoms with Crippen LogP contribution in [-0.2, 0) is 14.3 Å². The number of aryl methyl sites for hydroxylation is 1. The maximum absolute atomic E-state index is 12.0. The number of nitrogens with one attached hydrogen (secondary N) is 2. The molecule has 3 rings (SSSR count). The fourth-order valence-electron chi connectivity index (χ4n) is 2.73. The lowest BCUT2D eigenvalue weighted by molar-refractivity contribution is -0.143. The Morgan fingerprint density at radius 3 is 2.45 bits per heavy atom. The van der Waals surface area contributed by atoms with Crippen LogP contribution in [0.25, 0.3) is 23.0 Å². The number of ether oxygens (including phenoxy) is 1. The predicted octanol–water partition coefficient (Wildman–Crippen LogP) is 2.86. The molecular weight excluding hydrogens is 396 g/mol. The van der Waals surface area contributed by atoms with Crippen LogP contribution in [0, 0.1) is 6.92 Å². The van der Waals surface area contributed by atoms with E-state index in [2.05, 4.69) is 10.4 Å². The molecule has 2 aromatic carbocycles. The monoisotopic (exact) mass is 418 g/mol. The molecule has 0 atom stereocenters. The van der Waals surface area contributed by atoms with Crippen LogP contribution < -0.4 is 10.6 Å². The molecule has 0 fully saturated rings. The Morgan fingerprint density at radius 1 is 1.06 bits per heavy atom. The molecule has 158 valence electrons. The molecule has 0 aliphatic carbocycles. The number of hydrogen-bond acceptors (Lipinski definition) is 5. The average Bonchev–Trinajstić information content (AvgIpc) is 3.21. The number of para-hydroxylation sites is 1. The number of amides is 3. The Hall–Kier alpha value is -4.20. The quantitative estimate of drug-likeness (QED) is 0.473. The molecule has 0 aliphatic rings. The topological polar surface area (TPSA) is 102 Å². The molecule has 0 unspecified atom stereocenters. The van der Waals surface area contributed by atoms with Crippen LogP contribution in [0.15, 0.2) is 66.9 Å². The van der Waals surface area contributed by atoms with Crippen LogP contribution in [0.4, 0.5) is 4.79 Å². The van der Waals surface area contributed by atoms with Gasteiger partial charge in [-0.2, -0.15) is 5.10 Å². The van der Waals surface area contributed by atoms with Crippen molar-refractivity contribution in [1.29, 1.82) is 0 Å². The summed E-state index contributed by atoms with van der Waals surface area (Å²) in [4.78, 5) is 34.6. The molecule has 0 saturated heterocycles. The maximum Gasteiger partial charge on any atom is 0.331 e. The van der Waals surface area contributed by atoms with Crippen LogP contribution in [0.3, 0.4) is 0 Å². The SMILES string of the molecule is CNC(=O)NC(=O)COC(=O)/C=C/c1cn(-c2ccccc2)nc1-c1ccc(C)cc1. The van der Waals surface area contributed by atoms with Crippen LogP contribution in [0.1, 0.15) is 11.1 Å². The van der Waals surface area contributed by atoms with Crippen molar-refractivity contribution in [3.63, 3.8) is 0 Å². The first-order valence-corrected chi connectivity index (χ1v) is 9.55. The third-order valence-corrected chi connectivity index (χ3v) is 4.31. The highest BCUT2D eigenvalue weighted by Gasteiger charge is 2.12. The maximum atomic E-state index is 12.0. The van der Waals surface area contributed by atoms with Crippen molar-refractivity contribution in [2.45, 2.75) is 6.92 Å². The van der Waals surface area contributed by atoms with Gasteiger partial charge in [0.1, 0.15) is 0 Å². The standard InChI is InChI=1S/C23H22N4O4/c1-16-8-10-17(11-9-16)22-18(14-27(26-22)19-6-4-3-5-7-19)12-13-21(29)31-15-20(28)25-23(30)24-2/h3-14H,15H2,1-2H3,(H2,24,25,28,30)/b13-12+. The molecule has 8 heteroatoms. The highest BCUT2D eigenvalue weighted by molar-refractivity contribution is 5.96. The molecule has 8 nitrogen and oxygen atoms in total. The van der Waals surface area contributed by atoms with Crippen molar-refractivity contribution in [3.05, 3.63) is 78.0 Å². The molecule has 0 radical (unpaired) electrons. The van der Waals surface area contributed by atoms with Gasteiger partial charge in [0.15, 0.2) is 6.61 Å². The first kappa shape index (κ1) is 21.5. The number of urea groups is 1. The van der Waals surface area contributed by atoms with Crippen LogP contribution in [-0.4, -0.2) is 41.3 Å². The largest absolute Gasteiger partial charge is 0.452 e. The Balaban J connectivity index is 1.79. The lowest BCUT2D eigenvalue weighted by Gasteiger charge is -2.03. The minimum atomic E-state index is -0.724. The van der Waals surface area contributed by atoms with Gasteiger partial charge in [-0.15, -0.1) is 0 Å². The minimum Gasteiger partial charge on any atom is -0.452 e. The number of esters is 1. The number of aromatic nitrogens is 2. The molecule has 3 amide bonds. The van der Waals surface area contributed by atoms with Crippen molar-refractivity contribution >= 4 is 24.0 Å². The van der Waals surface area contributed by atoms with E-state index in [-0.39, 0.29) is 0 Å². The van der Waals surface area contributed by atoms with Crippen molar-refractivity contribution in [2.75, 3.05) is 13.7 Å². The highest BCUT2D eigenvalue weighted by atomic mass is 16.5. The Morgan fingerprint density at radius 2 is 1.77 bits per heavy atom. The molecule has 0 spiro atoms. The smallest absolute Gasteiger partial charge is 0.331 e. The minimum absolute atomic E-state index is 0.565. The third kappa shape index (κ3) is 5.89. The van der Waals surface area contributed by atoms with Crippen molar-refractivity contribution in [3.8, 4) is 16.9 Å². The molecular formula is C23H22N4O4. The number of benzene rings is 2. The van der Waals surface area contributed by atoms with E-state index in [0.29, 0.717) is 11.3 Å². The fraction of sp³-hybridized carbons (Fsp3) is 0.130. The number of hydrogen-bond donors (Lipinski definition) is 2. The number of carbonyl (C=O) groups is 3. The van der Waals surface area contributed by atoms with E-state index < -0.39 is 24.5 Å². The zero-order chi connectivity index (χ0) is 22.2. The van der Waals surface area contributed by atoms with E-state index in [0.717, 1.165) is 16.8 Å². The number of nitrogens with zero attached hydrogens (tertiary/aromatic N) is 2. The molecule has 31 heavy (non-hydrogen) atoms. The van der Waals surface area contributed by atoms with E-state index in [1.807, 2.05) is 73.0 Å². The molecule has 0 aliphatic heterocycles. The third-order valence-electron chi connectivity index (χ3n) is 4.31. The van der Waals surface area contributed by atoms with Crippen molar-refractivity contribution in [1.82, 2.24) is 20.4 Å². The molecule has 3 aromatic rings. The Bertz CT molecular complexity index is 1100. The van der Waals surface area contributed by atoms with E-state index >= 15 is 0 Å². The lowest BCUT2D eigenvalue weighted by Crippen LogP contribution is -2.39. The second-order valence-electron chi connectivity index (χ2n) is 6.65. The second-order valence-corrected chi connectivity index (χ2v) is 6.65. The van der Waals surface area contributed by atoms with Crippen molar-refractivity contribution < 1.29 is 19.1 Å². The van der Waals surface area contributed by atoms with E-state index in [9.17, 15) is 14.4 Å². The van der Waals surface area contributed by atoms with Gasteiger partial charge in [-0.25, -0.2) is 14.3 Å².